The van der Waals surface area contributed by atoms with Crippen LogP contribution in [-0.2, 0) is 11.2 Å². The molecular formula is C23H21ClN6O. The molecule has 0 aliphatic heterocycles. The Kier molecular flexibility index (Phi) is 5.68. The van der Waals surface area contributed by atoms with Crippen LogP contribution >= 0.6 is 11.6 Å². The molecular weight excluding hydrogens is 412 g/mol. The van der Waals surface area contributed by atoms with Crippen molar-refractivity contribution in [2.24, 2.45) is 5.73 Å². The summed E-state index contributed by atoms with van der Waals surface area (Å²) in [6, 6.07) is 15.2. The van der Waals surface area contributed by atoms with E-state index in [-0.39, 0.29) is 12.3 Å². The van der Waals surface area contributed by atoms with Gasteiger partial charge < -0.3 is 10.6 Å². The van der Waals surface area contributed by atoms with Crippen molar-refractivity contribution in [2.75, 3.05) is 19.0 Å². The van der Waals surface area contributed by atoms with Crippen LogP contribution < -0.4 is 10.6 Å². The number of aromatic nitrogens is 4. The lowest BCUT2D eigenvalue weighted by Crippen LogP contribution is -2.13. The van der Waals surface area contributed by atoms with E-state index in [2.05, 4.69) is 15.1 Å². The predicted octanol–water partition coefficient (Wildman–Crippen LogP) is 3.74. The molecule has 2 N–H and O–H groups in total. The summed E-state index contributed by atoms with van der Waals surface area (Å²) < 4.78 is 1.77. The van der Waals surface area contributed by atoms with E-state index in [1.54, 1.807) is 17.2 Å². The van der Waals surface area contributed by atoms with Crippen LogP contribution in [0.2, 0.25) is 5.02 Å². The summed E-state index contributed by atoms with van der Waals surface area (Å²) in [4.78, 5) is 22.1. The minimum Gasteiger partial charge on any atom is -0.369 e. The summed E-state index contributed by atoms with van der Waals surface area (Å²) in [7, 11) is 3.89. The van der Waals surface area contributed by atoms with Gasteiger partial charge in [0, 0.05) is 30.9 Å². The second kappa shape index (κ2) is 8.57. The molecule has 1 amide bonds. The number of anilines is 1. The maximum Gasteiger partial charge on any atom is 0.221 e. The molecule has 4 rings (SSSR count). The normalized spacial score (nSPS) is 10.8. The molecule has 0 spiro atoms. The van der Waals surface area contributed by atoms with Gasteiger partial charge in [0.1, 0.15) is 12.1 Å². The summed E-state index contributed by atoms with van der Waals surface area (Å²) in [6.07, 6.45) is 5.46. The van der Waals surface area contributed by atoms with Gasteiger partial charge in [-0.15, -0.1) is 0 Å². The Labute approximate surface area is 185 Å². The van der Waals surface area contributed by atoms with Crippen LogP contribution in [0.15, 0.2) is 67.3 Å². The molecule has 0 saturated carbocycles. The van der Waals surface area contributed by atoms with E-state index in [1.165, 1.54) is 0 Å². The van der Waals surface area contributed by atoms with Crippen LogP contribution in [0.4, 0.5) is 5.82 Å². The van der Waals surface area contributed by atoms with E-state index in [1.807, 2.05) is 73.7 Å². The molecule has 4 aromatic rings. The molecule has 0 fully saturated rings. The summed E-state index contributed by atoms with van der Waals surface area (Å²) in [5.41, 5.74) is 10.5. The van der Waals surface area contributed by atoms with E-state index in [0.29, 0.717) is 5.02 Å². The molecule has 2 heterocycles. The molecule has 0 aliphatic carbocycles. The van der Waals surface area contributed by atoms with Gasteiger partial charge in [-0.25, -0.2) is 14.6 Å². The highest BCUT2D eigenvalue weighted by Gasteiger charge is 2.18. The Morgan fingerprint density at radius 2 is 1.74 bits per heavy atom. The molecule has 156 valence electrons. The number of rotatable bonds is 6. The number of nitrogens with two attached hydrogens (primary N) is 1. The summed E-state index contributed by atoms with van der Waals surface area (Å²) in [6.45, 7) is 0. The van der Waals surface area contributed by atoms with Crippen LogP contribution in [0.1, 0.15) is 5.56 Å². The first-order valence-corrected chi connectivity index (χ1v) is 10.0. The van der Waals surface area contributed by atoms with Crippen LogP contribution in [0.5, 0.6) is 0 Å². The van der Waals surface area contributed by atoms with Crippen molar-refractivity contribution in [3.63, 3.8) is 0 Å². The Balaban J connectivity index is 1.76. The first-order valence-electron chi connectivity index (χ1n) is 9.63. The number of halogens is 1. The minimum absolute atomic E-state index is 0.212. The molecule has 0 bridgehead atoms. The molecule has 0 saturated heterocycles. The highest BCUT2D eigenvalue weighted by Crippen LogP contribution is 2.36. The number of benzene rings is 2. The number of primary amides is 1. The average molecular weight is 433 g/mol. The number of nitrogens with zero attached hydrogens (tertiary/aromatic N) is 5. The maximum absolute atomic E-state index is 11.1. The molecule has 0 unspecified atom stereocenters. The fraction of sp³-hybridized carbons (Fsp3) is 0.130. The quantitative estimate of drug-likeness (QED) is 0.501. The van der Waals surface area contributed by atoms with E-state index < -0.39 is 0 Å². The fourth-order valence-corrected chi connectivity index (χ4v) is 3.50. The van der Waals surface area contributed by atoms with Crippen molar-refractivity contribution in [2.45, 2.75) is 6.42 Å². The fourth-order valence-electron chi connectivity index (χ4n) is 3.37. The van der Waals surface area contributed by atoms with Gasteiger partial charge in [-0.3, -0.25) is 4.79 Å². The first-order chi connectivity index (χ1) is 14.9. The van der Waals surface area contributed by atoms with Gasteiger partial charge in [0.25, 0.3) is 0 Å². The largest absolute Gasteiger partial charge is 0.369 e. The lowest BCUT2D eigenvalue weighted by Gasteiger charge is -2.18. The third kappa shape index (κ3) is 4.41. The van der Waals surface area contributed by atoms with E-state index >= 15 is 0 Å². The Hall–Kier alpha value is -3.71. The molecule has 2 aromatic carbocycles. The summed E-state index contributed by atoms with van der Waals surface area (Å²) >= 11 is 6.09. The van der Waals surface area contributed by atoms with Crippen molar-refractivity contribution in [3.8, 4) is 28.1 Å². The third-order valence-electron chi connectivity index (χ3n) is 4.82. The molecule has 7 nitrogen and oxygen atoms in total. The zero-order valence-corrected chi connectivity index (χ0v) is 17.9. The van der Waals surface area contributed by atoms with Crippen molar-refractivity contribution >= 4 is 23.3 Å². The van der Waals surface area contributed by atoms with Crippen molar-refractivity contribution in [1.82, 2.24) is 19.7 Å². The van der Waals surface area contributed by atoms with Crippen LogP contribution in [0, 0.1) is 0 Å². The number of hydrogen-bond acceptors (Lipinski definition) is 5. The monoisotopic (exact) mass is 432 g/mol. The molecule has 8 heteroatoms. The Morgan fingerprint density at radius 1 is 1.03 bits per heavy atom. The van der Waals surface area contributed by atoms with Gasteiger partial charge in [-0.1, -0.05) is 35.9 Å². The van der Waals surface area contributed by atoms with Gasteiger partial charge >= 0.3 is 0 Å². The molecule has 0 atom stereocenters. The second-order valence-corrected chi connectivity index (χ2v) is 7.74. The zero-order chi connectivity index (χ0) is 22.0. The molecule has 31 heavy (non-hydrogen) atoms. The lowest BCUT2D eigenvalue weighted by molar-refractivity contribution is -0.117. The Morgan fingerprint density at radius 3 is 2.39 bits per heavy atom. The molecule has 0 aliphatic rings. The van der Waals surface area contributed by atoms with Gasteiger partial charge in [0.2, 0.25) is 5.91 Å². The Bertz CT molecular complexity index is 1220. The smallest absolute Gasteiger partial charge is 0.221 e. The zero-order valence-electron chi connectivity index (χ0n) is 17.2. The second-order valence-electron chi connectivity index (χ2n) is 7.31. The van der Waals surface area contributed by atoms with E-state index in [9.17, 15) is 4.79 Å². The van der Waals surface area contributed by atoms with Crippen molar-refractivity contribution < 1.29 is 4.79 Å². The van der Waals surface area contributed by atoms with E-state index in [4.69, 9.17) is 17.3 Å². The topological polar surface area (TPSA) is 89.9 Å². The van der Waals surface area contributed by atoms with Gasteiger partial charge in [0.15, 0.2) is 0 Å². The number of carbonyl (C=O) groups excluding carboxylic acids is 1. The third-order valence-corrected chi connectivity index (χ3v) is 5.07. The number of hydrogen-bond donors (Lipinski definition) is 1. The number of carbonyl (C=O) groups is 1. The summed E-state index contributed by atoms with van der Waals surface area (Å²) in [5.74, 6) is 0.445. The van der Waals surface area contributed by atoms with Crippen LogP contribution in [0.3, 0.4) is 0 Å². The van der Waals surface area contributed by atoms with E-state index in [0.717, 1.165) is 39.5 Å². The number of amides is 1. The van der Waals surface area contributed by atoms with Gasteiger partial charge in [-0.05, 0) is 35.4 Å². The van der Waals surface area contributed by atoms with Crippen LogP contribution in [0.25, 0.3) is 28.1 Å². The average Bonchev–Trinajstić information content (AvgIpc) is 3.24. The van der Waals surface area contributed by atoms with Crippen LogP contribution in [-0.4, -0.2) is 39.8 Å². The van der Waals surface area contributed by atoms with Crippen molar-refractivity contribution in [1.29, 1.82) is 0 Å². The molecule has 0 radical (unpaired) electrons. The highest BCUT2D eigenvalue weighted by atomic mass is 35.5. The summed E-state index contributed by atoms with van der Waals surface area (Å²) in [5, 5.41) is 5.17. The highest BCUT2D eigenvalue weighted by molar-refractivity contribution is 6.30. The van der Waals surface area contributed by atoms with Crippen molar-refractivity contribution in [3.05, 3.63) is 77.8 Å². The van der Waals surface area contributed by atoms with Gasteiger partial charge in [-0.2, -0.15) is 5.10 Å². The SMILES string of the molecule is CN(C)c1ncnc(-c2cnn(-c3ccc(CC(N)=O)cc3)c2)c1-c1ccc(Cl)cc1. The maximum atomic E-state index is 11.1. The first kappa shape index (κ1) is 20.6. The lowest BCUT2D eigenvalue weighted by atomic mass is 10.0. The standard InChI is InChI=1S/C23H21ClN6O/c1-29(2)23-21(16-5-7-18(24)8-6-16)22(26-14-27-23)17-12-28-30(13-17)19-9-3-15(4-10-19)11-20(25)31/h3-10,12-14H,11H2,1-2H3,(H2,25,31). The molecule has 2 aromatic heterocycles. The van der Waals surface area contributed by atoms with Gasteiger partial charge in [0.05, 0.1) is 29.6 Å². The predicted molar refractivity (Wildman–Crippen MR) is 122 cm³/mol. The minimum atomic E-state index is -0.357.